The van der Waals surface area contributed by atoms with E-state index in [0.717, 1.165) is 12.8 Å². The van der Waals surface area contributed by atoms with Crippen LogP contribution in [0.3, 0.4) is 0 Å². The quantitative estimate of drug-likeness (QED) is 0.559. The van der Waals surface area contributed by atoms with Gasteiger partial charge in [0.1, 0.15) is 5.75 Å². The molecule has 1 amide bonds. The Morgan fingerprint density at radius 3 is 2.44 bits per heavy atom. The summed E-state index contributed by atoms with van der Waals surface area (Å²) in [5, 5.41) is 2.78. The lowest BCUT2D eigenvalue weighted by molar-refractivity contribution is -0.141. The Bertz CT molecular complexity index is 685. The zero-order valence-corrected chi connectivity index (χ0v) is 14.4. The maximum absolute atomic E-state index is 11.9. The molecule has 0 atom stereocenters. The summed E-state index contributed by atoms with van der Waals surface area (Å²) < 4.78 is 10.3. The smallest absolute Gasteiger partial charge is 0.306 e. The molecule has 0 aliphatic heterocycles. The average Bonchev–Trinajstić information content (AvgIpc) is 2.65. The highest BCUT2D eigenvalue weighted by atomic mass is 16.5. The molecule has 0 radical (unpaired) electrons. The van der Waals surface area contributed by atoms with Gasteiger partial charge in [0.2, 0.25) is 5.91 Å². The first-order chi connectivity index (χ1) is 12.2. The number of carbonyl (C=O) groups is 2. The van der Waals surface area contributed by atoms with Crippen molar-refractivity contribution in [3.05, 3.63) is 60.2 Å². The van der Waals surface area contributed by atoms with Crippen molar-refractivity contribution in [1.29, 1.82) is 0 Å². The SMILES string of the molecule is COC(=O)CCC(=O)Nc1ccccc1OCCCc1ccccc1. The fourth-order valence-corrected chi connectivity index (χ4v) is 2.33. The van der Waals surface area contributed by atoms with Gasteiger partial charge in [-0.3, -0.25) is 9.59 Å². The number of rotatable bonds is 9. The molecule has 0 aliphatic carbocycles. The summed E-state index contributed by atoms with van der Waals surface area (Å²) in [6, 6.07) is 17.5. The minimum absolute atomic E-state index is 0.0580. The first-order valence-corrected chi connectivity index (χ1v) is 8.31. The van der Waals surface area contributed by atoms with Gasteiger partial charge in [0.05, 0.1) is 25.8 Å². The van der Waals surface area contributed by atoms with Crippen molar-refractivity contribution in [2.75, 3.05) is 19.0 Å². The highest BCUT2D eigenvalue weighted by Gasteiger charge is 2.10. The Morgan fingerprint density at radius 1 is 0.960 bits per heavy atom. The monoisotopic (exact) mass is 341 g/mol. The molecule has 0 unspecified atom stereocenters. The molecule has 2 rings (SSSR count). The zero-order chi connectivity index (χ0) is 17.9. The fraction of sp³-hybridized carbons (Fsp3) is 0.300. The first-order valence-electron chi connectivity index (χ1n) is 8.31. The molecule has 132 valence electrons. The molecule has 5 nitrogen and oxygen atoms in total. The Labute approximate surface area is 148 Å². The third-order valence-electron chi connectivity index (χ3n) is 3.66. The number of hydrogen-bond acceptors (Lipinski definition) is 4. The summed E-state index contributed by atoms with van der Waals surface area (Å²) in [5.74, 6) is -0.0201. The molecular weight excluding hydrogens is 318 g/mol. The molecule has 0 aliphatic rings. The molecule has 2 aromatic rings. The molecule has 1 N–H and O–H groups in total. The van der Waals surface area contributed by atoms with Gasteiger partial charge in [0.25, 0.3) is 0 Å². The Kier molecular flexibility index (Phi) is 7.50. The van der Waals surface area contributed by atoms with Gasteiger partial charge >= 0.3 is 5.97 Å². The zero-order valence-electron chi connectivity index (χ0n) is 14.4. The van der Waals surface area contributed by atoms with Crippen LogP contribution in [0.4, 0.5) is 5.69 Å². The first kappa shape index (κ1) is 18.5. The molecule has 5 heteroatoms. The maximum Gasteiger partial charge on any atom is 0.306 e. The second kappa shape index (κ2) is 10.1. The van der Waals surface area contributed by atoms with Gasteiger partial charge in [-0.1, -0.05) is 42.5 Å². The lowest BCUT2D eigenvalue weighted by Gasteiger charge is -2.12. The lowest BCUT2D eigenvalue weighted by atomic mass is 10.1. The number of benzene rings is 2. The second-order valence-electron chi connectivity index (χ2n) is 5.56. The summed E-state index contributed by atoms with van der Waals surface area (Å²) in [6.45, 7) is 0.559. The highest BCUT2D eigenvalue weighted by molar-refractivity contribution is 5.93. The Hall–Kier alpha value is -2.82. The van der Waals surface area contributed by atoms with Gasteiger partial charge in [-0.2, -0.15) is 0 Å². The van der Waals surface area contributed by atoms with Gasteiger partial charge in [-0.25, -0.2) is 0 Å². The largest absolute Gasteiger partial charge is 0.491 e. The fourth-order valence-electron chi connectivity index (χ4n) is 2.33. The van der Waals surface area contributed by atoms with Gasteiger partial charge in [0.15, 0.2) is 0 Å². The summed E-state index contributed by atoms with van der Waals surface area (Å²) in [7, 11) is 1.30. The molecule has 0 bridgehead atoms. The van der Waals surface area contributed by atoms with Crippen molar-refractivity contribution < 1.29 is 19.1 Å². The highest BCUT2D eigenvalue weighted by Crippen LogP contribution is 2.24. The summed E-state index contributed by atoms with van der Waals surface area (Å²) in [5.41, 5.74) is 1.88. The summed E-state index contributed by atoms with van der Waals surface area (Å²) in [6.07, 6.45) is 1.96. The minimum Gasteiger partial charge on any atom is -0.491 e. The number of anilines is 1. The van der Waals surface area contributed by atoms with Crippen LogP contribution in [-0.2, 0) is 20.7 Å². The van der Waals surface area contributed by atoms with E-state index in [9.17, 15) is 9.59 Å². The van der Waals surface area contributed by atoms with Crippen molar-refractivity contribution in [1.82, 2.24) is 0 Å². The number of ether oxygens (including phenoxy) is 2. The van der Waals surface area contributed by atoms with Crippen LogP contribution in [0.5, 0.6) is 5.75 Å². The molecule has 0 heterocycles. The number of aryl methyl sites for hydroxylation is 1. The van der Waals surface area contributed by atoms with Crippen LogP contribution in [0.25, 0.3) is 0 Å². The lowest BCUT2D eigenvalue weighted by Crippen LogP contribution is -2.14. The predicted octanol–water partition coefficient (Wildman–Crippen LogP) is 3.59. The number of esters is 1. The third kappa shape index (κ3) is 6.67. The van der Waals surface area contributed by atoms with Crippen molar-refractivity contribution >= 4 is 17.6 Å². The number of nitrogens with one attached hydrogen (secondary N) is 1. The predicted molar refractivity (Wildman–Crippen MR) is 96.6 cm³/mol. The van der Waals surface area contributed by atoms with Crippen LogP contribution < -0.4 is 10.1 Å². The number of carbonyl (C=O) groups excluding carboxylic acids is 2. The van der Waals surface area contributed by atoms with Crippen LogP contribution in [0.1, 0.15) is 24.8 Å². The topological polar surface area (TPSA) is 64.6 Å². The molecule has 0 saturated carbocycles. The van der Waals surface area contributed by atoms with Crippen LogP contribution in [0, 0.1) is 0 Å². The van der Waals surface area contributed by atoms with Crippen LogP contribution in [-0.4, -0.2) is 25.6 Å². The van der Waals surface area contributed by atoms with Crippen molar-refractivity contribution in [2.45, 2.75) is 25.7 Å². The van der Waals surface area contributed by atoms with Gasteiger partial charge in [-0.05, 0) is 30.5 Å². The molecule has 0 aromatic heterocycles. The van der Waals surface area contributed by atoms with Gasteiger partial charge in [-0.15, -0.1) is 0 Å². The molecule has 25 heavy (non-hydrogen) atoms. The molecular formula is C20H23NO4. The average molecular weight is 341 g/mol. The van der Waals surface area contributed by atoms with E-state index < -0.39 is 5.97 Å². The minimum atomic E-state index is -0.402. The molecule has 0 spiro atoms. The van der Waals surface area contributed by atoms with Crippen molar-refractivity contribution in [2.24, 2.45) is 0 Å². The second-order valence-corrected chi connectivity index (χ2v) is 5.56. The third-order valence-corrected chi connectivity index (χ3v) is 3.66. The van der Waals surface area contributed by atoms with Crippen LogP contribution in [0.2, 0.25) is 0 Å². The van der Waals surface area contributed by atoms with Gasteiger partial charge in [0, 0.05) is 6.42 Å². The van der Waals surface area contributed by atoms with E-state index in [1.807, 2.05) is 36.4 Å². The molecule has 0 saturated heterocycles. The van der Waals surface area contributed by atoms with E-state index in [4.69, 9.17) is 4.74 Å². The standard InChI is InChI=1S/C20H23NO4/c1-24-20(23)14-13-19(22)21-17-11-5-6-12-18(17)25-15-7-10-16-8-3-2-4-9-16/h2-6,8-9,11-12H,7,10,13-15H2,1H3,(H,21,22). The number of methoxy groups -OCH3 is 1. The van der Waals surface area contributed by atoms with Gasteiger partial charge < -0.3 is 14.8 Å². The number of para-hydroxylation sites is 2. The normalized spacial score (nSPS) is 10.1. The number of hydrogen-bond donors (Lipinski definition) is 1. The van der Waals surface area contributed by atoms with E-state index in [2.05, 4.69) is 22.2 Å². The van der Waals surface area contributed by atoms with E-state index in [1.165, 1.54) is 12.7 Å². The Balaban J connectivity index is 1.81. The van der Waals surface area contributed by atoms with E-state index >= 15 is 0 Å². The van der Waals surface area contributed by atoms with Crippen molar-refractivity contribution in [3.8, 4) is 5.75 Å². The molecule has 2 aromatic carbocycles. The Morgan fingerprint density at radius 2 is 1.68 bits per heavy atom. The maximum atomic E-state index is 11.9. The van der Waals surface area contributed by atoms with E-state index in [0.29, 0.717) is 18.0 Å². The van der Waals surface area contributed by atoms with Crippen molar-refractivity contribution in [3.63, 3.8) is 0 Å². The number of amides is 1. The van der Waals surface area contributed by atoms with Crippen LogP contribution >= 0.6 is 0 Å². The molecule has 0 fully saturated rings. The van der Waals surface area contributed by atoms with E-state index in [1.54, 1.807) is 6.07 Å². The summed E-state index contributed by atoms with van der Waals surface area (Å²) >= 11 is 0. The summed E-state index contributed by atoms with van der Waals surface area (Å²) in [4.78, 5) is 23.0. The van der Waals surface area contributed by atoms with E-state index in [-0.39, 0.29) is 18.7 Å². The van der Waals surface area contributed by atoms with Crippen LogP contribution in [0.15, 0.2) is 54.6 Å².